The van der Waals surface area contributed by atoms with Gasteiger partial charge in [0.1, 0.15) is 6.04 Å². The molecule has 0 spiro atoms. The lowest BCUT2D eigenvalue weighted by Gasteiger charge is -2.32. The average molecular weight is 353 g/mol. The van der Waals surface area contributed by atoms with Crippen molar-refractivity contribution in [2.75, 3.05) is 13.1 Å². The highest BCUT2D eigenvalue weighted by molar-refractivity contribution is 7.89. The molecule has 1 aliphatic heterocycles. The van der Waals surface area contributed by atoms with Crippen molar-refractivity contribution in [2.24, 2.45) is 5.92 Å². The molecule has 1 aliphatic rings. The lowest BCUT2D eigenvalue weighted by molar-refractivity contribution is -0.134. The van der Waals surface area contributed by atoms with E-state index in [-0.39, 0.29) is 16.7 Å². The summed E-state index contributed by atoms with van der Waals surface area (Å²) in [5.41, 5.74) is 1.70. The SMILES string of the molecule is Cc1ccc(S(=O)(=O)N[C@@H](C(=O)N2CCCCC2)C(C)C)c(C)c1. The van der Waals surface area contributed by atoms with Gasteiger partial charge in [0.15, 0.2) is 0 Å². The minimum Gasteiger partial charge on any atom is -0.341 e. The Morgan fingerprint density at radius 1 is 1.12 bits per heavy atom. The summed E-state index contributed by atoms with van der Waals surface area (Å²) in [6.07, 6.45) is 3.10. The molecule has 24 heavy (non-hydrogen) atoms. The second-order valence-electron chi connectivity index (χ2n) is 7.00. The zero-order valence-corrected chi connectivity index (χ0v) is 15.8. The van der Waals surface area contributed by atoms with Gasteiger partial charge in [0.2, 0.25) is 15.9 Å². The number of aryl methyl sites for hydroxylation is 2. The summed E-state index contributed by atoms with van der Waals surface area (Å²) in [5, 5.41) is 0. The summed E-state index contributed by atoms with van der Waals surface area (Å²) in [7, 11) is -3.73. The van der Waals surface area contributed by atoms with E-state index in [4.69, 9.17) is 0 Å². The van der Waals surface area contributed by atoms with Crippen LogP contribution in [0.15, 0.2) is 23.1 Å². The average Bonchev–Trinajstić information content (AvgIpc) is 2.52. The largest absolute Gasteiger partial charge is 0.341 e. The molecule has 2 rings (SSSR count). The van der Waals surface area contributed by atoms with Crippen LogP contribution in [-0.2, 0) is 14.8 Å². The van der Waals surface area contributed by atoms with E-state index in [0.29, 0.717) is 18.7 Å². The van der Waals surface area contributed by atoms with Crippen molar-refractivity contribution in [2.45, 2.75) is 57.9 Å². The zero-order valence-electron chi connectivity index (χ0n) is 15.0. The fourth-order valence-corrected chi connectivity index (χ4v) is 4.68. The summed E-state index contributed by atoms with van der Waals surface area (Å²) in [6, 6.07) is 4.49. The molecule has 1 aromatic carbocycles. The van der Waals surface area contributed by atoms with Crippen LogP contribution in [0.3, 0.4) is 0 Å². The fourth-order valence-electron chi connectivity index (χ4n) is 3.11. The maximum atomic E-state index is 12.8. The third-order valence-corrected chi connectivity index (χ3v) is 6.10. The van der Waals surface area contributed by atoms with Gasteiger partial charge in [-0.15, -0.1) is 0 Å². The zero-order chi connectivity index (χ0) is 17.9. The van der Waals surface area contributed by atoms with Gasteiger partial charge in [-0.1, -0.05) is 31.5 Å². The number of rotatable bonds is 5. The van der Waals surface area contributed by atoms with Crippen LogP contribution in [0.25, 0.3) is 0 Å². The van der Waals surface area contributed by atoms with Crippen LogP contribution in [0, 0.1) is 19.8 Å². The highest BCUT2D eigenvalue weighted by atomic mass is 32.2. The highest BCUT2D eigenvalue weighted by Gasteiger charge is 2.32. The molecule has 1 fully saturated rings. The standard InChI is InChI=1S/C18H28N2O3S/c1-13(2)17(18(21)20-10-6-5-7-11-20)19-24(22,23)16-9-8-14(3)12-15(16)4/h8-9,12-13,17,19H,5-7,10-11H2,1-4H3/t17-/m1/s1. The normalized spacial score (nSPS) is 17.1. The van der Waals surface area contributed by atoms with Crippen LogP contribution >= 0.6 is 0 Å². The number of carbonyl (C=O) groups is 1. The molecular formula is C18H28N2O3S. The smallest absolute Gasteiger partial charge is 0.241 e. The van der Waals surface area contributed by atoms with E-state index in [9.17, 15) is 13.2 Å². The lowest BCUT2D eigenvalue weighted by Crippen LogP contribution is -2.52. The Hall–Kier alpha value is -1.40. The number of nitrogens with zero attached hydrogens (tertiary/aromatic N) is 1. The number of piperidine rings is 1. The Morgan fingerprint density at radius 2 is 1.75 bits per heavy atom. The van der Waals surface area contributed by atoms with Crippen molar-refractivity contribution in [1.29, 1.82) is 0 Å². The highest BCUT2D eigenvalue weighted by Crippen LogP contribution is 2.19. The third-order valence-electron chi connectivity index (χ3n) is 4.50. The minimum atomic E-state index is -3.73. The molecule has 0 aromatic heterocycles. The van der Waals surface area contributed by atoms with E-state index in [2.05, 4.69) is 4.72 Å². The molecule has 5 nitrogen and oxygen atoms in total. The molecule has 1 N–H and O–H groups in total. The Kier molecular flexibility index (Phi) is 6.04. The first-order valence-corrected chi connectivity index (χ1v) is 10.1. The third kappa shape index (κ3) is 4.36. The van der Waals surface area contributed by atoms with E-state index in [1.54, 1.807) is 24.0 Å². The summed E-state index contributed by atoms with van der Waals surface area (Å²) in [5.74, 6) is -0.224. The summed E-state index contributed by atoms with van der Waals surface area (Å²) in [4.78, 5) is 14.8. The first-order valence-electron chi connectivity index (χ1n) is 8.61. The monoisotopic (exact) mass is 352 g/mol. The van der Waals surface area contributed by atoms with Gasteiger partial charge in [-0.05, 0) is 50.7 Å². The first-order chi connectivity index (χ1) is 11.2. The van der Waals surface area contributed by atoms with Crippen LogP contribution in [0.4, 0.5) is 0 Å². The Morgan fingerprint density at radius 3 is 2.29 bits per heavy atom. The molecule has 6 heteroatoms. The maximum Gasteiger partial charge on any atom is 0.241 e. The number of hydrogen-bond donors (Lipinski definition) is 1. The Labute approximate surface area is 145 Å². The molecule has 1 aromatic rings. The molecule has 0 saturated carbocycles. The molecule has 0 radical (unpaired) electrons. The van der Waals surface area contributed by atoms with Gasteiger partial charge in [0.05, 0.1) is 4.90 Å². The molecule has 0 aliphatic carbocycles. The van der Waals surface area contributed by atoms with E-state index in [1.807, 2.05) is 26.8 Å². The van der Waals surface area contributed by atoms with Gasteiger partial charge in [-0.3, -0.25) is 4.79 Å². The van der Waals surface area contributed by atoms with Crippen LogP contribution in [0.1, 0.15) is 44.2 Å². The van der Waals surface area contributed by atoms with Crippen molar-refractivity contribution in [3.63, 3.8) is 0 Å². The van der Waals surface area contributed by atoms with E-state index < -0.39 is 16.1 Å². The number of likely N-dealkylation sites (tertiary alicyclic amines) is 1. The molecule has 0 unspecified atom stereocenters. The number of hydrogen-bond acceptors (Lipinski definition) is 3. The van der Waals surface area contributed by atoms with E-state index >= 15 is 0 Å². The van der Waals surface area contributed by atoms with E-state index in [0.717, 1.165) is 24.8 Å². The van der Waals surface area contributed by atoms with Gasteiger partial charge < -0.3 is 4.90 Å². The Bertz CT molecular complexity index is 692. The van der Waals surface area contributed by atoms with Gasteiger partial charge >= 0.3 is 0 Å². The fraction of sp³-hybridized carbons (Fsp3) is 0.611. The van der Waals surface area contributed by atoms with Crippen LogP contribution in [0.5, 0.6) is 0 Å². The predicted octanol–water partition coefficient (Wildman–Crippen LogP) is 2.62. The van der Waals surface area contributed by atoms with Gasteiger partial charge in [0.25, 0.3) is 0 Å². The number of amides is 1. The topological polar surface area (TPSA) is 66.5 Å². The summed E-state index contributed by atoms with van der Waals surface area (Å²) in [6.45, 7) is 8.88. The van der Waals surface area contributed by atoms with E-state index in [1.165, 1.54) is 0 Å². The van der Waals surface area contributed by atoms with Crippen LogP contribution in [0.2, 0.25) is 0 Å². The van der Waals surface area contributed by atoms with Crippen molar-refractivity contribution in [3.05, 3.63) is 29.3 Å². The lowest BCUT2D eigenvalue weighted by atomic mass is 10.0. The second-order valence-corrected chi connectivity index (χ2v) is 8.68. The van der Waals surface area contributed by atoms with Gasteiger partial charge in [0, 0.05) is 13.1 Å². The maximum absolute atomic E-state index is 12.8. The molecule has 1 saturated heterocycles. The summed E-state index contributed by atoms with van der Waals surface area (Å²) < 4.78 is 28.2. The summed E-state index contributed by atoms with van der Waals surface area (Å²) >= 11 is 0. The van der Waals surface area contributed by atoms with Crippen molar-refractivity contribution in [1.82, 2.24) is 9.62 Å². The van der Waals surface area contributed by atoms with Crippen molar-refractivity contribution >= 4 is 15.9 Å². The van der Waals surface area contributed by atoms with Gasteiger partial charge in [-0.25, -0.2) is 8.42 Å². The predicted molar refractivity (Wildman–Crippen MR) is 95.3 cm³/mol. The van der Waals surface area contributed by atoms with Crippen molar-refractivity contribution < 1.29 is 13.2 Å². The number of sulfonamides is 1. The molecule has 1 heterocycles. The quantitative estimate of drug-likeness (QED) is 0.886. The molecule has 0 bridgehead atoms. The van der Waals surface area contributed by atoms with Crippen molar-refractivity contribution in [3.8, 4) is 0 Å². The molecule has 1 atom stereocenters. The molecular weight excluding hydrogens is 324 g/mol. The number of nitrogens with one attached hydrogen (secondary N) is 1. The van der Waals surface area contributed by atoms with Gasteiger partial charge in [-0.2, -0.15) is 4.72 Å². The number of carbonyl (C=O) groups excluding carboxylic acids is 1. The Balaban J connectivity index is 2.24. The van der Waals surface area contributed by atoms with Crippen LogP contribution in [-0.4, -0.2) is 38.4 Å². The van der Waals surface area contributed by atoms with Crippen LogP contribution < -0.4 is 4.72 Å². The minimum absolute atomic E-state index is 0.111. The first kappa shape index (κ1) is 18.9. The second kappa shape index (κ2) is 7.66. The number of benzene rings is 1. The molecule has 1 amide bonds. The molecule has 134 valence electrons.